The normalized spacial score (nSPS) is 12.2. The van der Waals surface area contributed by atoms with E-state index in [4.69, 9.17) is 14.6 Å². The molecule has 0 bridgehead atoms. The number of hydrogen-bond donors (Lipinski definition) is 3. The molecule has 0 spiro atoms. The zero-order valence-electron chi connectivity index (χ0n) is 10.1. The van der Waals surface area contributed by atoms with Gasteiger partial charge in [-0.25, -0.2) is 0 Å². The van der Waals surface area contributed by atoms with Crippen LogP contribution in [-0.2, 0) is 6.54 Å². The van der Waals surface area contributed by atoms with E-state index < -0.39 is 6.10 Å². The Bertz CT molecular complexity index is 321. The van der Waals surface area contributed by atoms with Crippen molar-refractivity contribution in [1.82, 2.24) is 5.32 Å². The summed E-state index contributed by atoms with van der Waals surface area (Å²) < 4.78 is 10.3. The van der Waals surface area contributed by atoms with E-state index in [0.717, 1.165) is 17.1 Å². The molecule has 5 nitrogen and oxygen atoms in total. The molecule has 0 fully saturated rings. The van der Waals surface area contributed by atoms with Gasteiger partial charge in [0, 0.05) is 19.2 Å². The molecule has 1 atom stereocenters. The Labute approximate surface area is 101 Å². The van der Waals surface area contributed by atoms with Gasteiger partial charge < -0.3 is 25.0 Å². The summed E-state index contributed by atoms with van der Waals surface area (Å²) in [4.78, 5) is 0. The van der Waals surface area contributed by atoms with E-state index in [9.17, 15) is 5.11 Å². The molecular weight excluding hydrogens is 222 g/mol. The maximum absolute atomic E-state index is 9.18. The first-order valence-corrected chi connectivity index (χ1v) is 5.41. The van der Waals surface area contributed by atoms with Crippen LogP contribution in [-0.4, -0.2) is 43.7 Å². The summed E-state index contributed by atoms with van der Waals surface area (Å²) in [6, 6.07) is 5.58. The van der Waals surface area contributed by atoms with Crippen LogP contribution in [0, 0.1) is 0 Å². The van der Waals surface area contributed by atoms with Crippen LogP contribution in [0.15, 0.2) is 18.2 Å². The van der Waals surface area contributed by atoms with Gasteiger partial charge in [-0.2, -0.15) is 0 Å². The molecule has 0 radical (unpaired) electrons. The highest BCUT2D eigenvalue weighted by molar-refractivity contribution is 5.38. The Hall–Kier alpha value is -1.30. The zero-order chi connectivity index (χ0) is 12.7. The van der Waals surface area contributed by atoms with Crippen molar-refractivity contribution < 1.29 is 19.7 Å². The summed E-state index contributed by atoms with van der Waals surface area (Å²) in [7, 11) is 3.20. The molecule has 3 N–H and O–H groups in total. The minimum atomic E-state index is -0.734. The summed E-state index contributed by atoms with van der Waals surface area (Å²) in [5, 5.41) is 20.9. The number of ether oxygens (including phenoxy) is 2. The number of aliphatic hydroxyl groups is 2. The maximum Gasteiger partial charge on any atom is 0.122 e. The number of methoxy groups -OCH3 is 2. The molecular formula is C12H19NO4. The summed E-state index contributed by atoms with van der Waals surface area (Å²) >= 11 is 0. The van der Waals surface area contributed by atoms with Gasteiger partial charge in [0.25, 0.3) is 0 Å². The Balaban J connectivity index is 2.57. The third-order valence-corrected chi connectivity index (χ3v) is 2.33. The van der Waals surface area contributed by atoms with Crippen LogP contribution in [0.5, 0.6) is 11.5 Å². The van der Waals surface area contributed by atoms with Crippen LogP contribution in [0.3, 0.4) is 0 Å². The summed E-state index contributed by atoms with van der Waals surface area (Å²) in [5.74, 6) is 1.45. The molecule has 0 saturated heterocycles. The van der Waals surface area contributed by atoms with Crippen molar-refractivity contribution in [3.8, 4) is 11.5 Å². The quantitative estimate of drug-likeness (QED) is 0.633. The third kappa shape index (κ3) is 4.60. The van der Waals surface area contributed by atoms with Crippen LogP contribution >= 0.6 is 0 Å². The number of hydrogen-bond acceptors (Lipinski definition) is 5. The minimum Gasteiger partial charge on any atom is -0.497 e. The molecule has 5 heteroatoms. The van der Waals surface area contributed by atoms with Crippen LogP contribution in [0.25, 0.3) is 0 Å². The van der Waals surface area contributed by atoms with Crippen molar-refractivity contribution in [2.45, 2.75) is 12.6 Å². The van der Waals surface area contributed by atoms with Gasteiger partial charge in [0.05, 0.1) is 26.9 Å². The second-order valence-corrected chi connectivity index (χ2v) is 3.69. The predicted octanol–water partition coefficient (Wildman–Crippen LogP) is 0.147. The number of aliphatic hydroxyl groups excluding tert-OH is 2. The summed E-state index contributed by atoms with van der Waals surface area (Å²) in [6.45, 7) is 0.676. The molecule has 17 heavy (non-hydrogen) atoms. The molecule has 0 aliphatic rings. The lowest BCUT2D eigenvalue weighted by molar-refractivity contribution is 0.0942. The number of nitrogens with one attached hydrogen (secondary N) is 1. The van der Waals surface area contributed by atoms with E-state index in [1.807, 2.05) is 12.1 Å². The lowest BCUT2D eigenvalue weighted by Gasteiger charge is -2.11. The van der Waals surface area contributed by atoms with E-state index in [1.165, 1.54) is 0 Å². The molecule has 1 aromatic carbocycles. The van der Waals surface area contributed by atoms with Crippen LogP contribution in [0.4, 0.5) is 0 Å². The van der Waals surface area contributed by atoms with Crippen molar-refractivity contribution in [2.75, 3.05) is 27.4 Å². The van der Waals surface area contributed by atoms with Gasteiger partial charge >= 0.3 is 0 Å². The maximum atomic E-state index is 9.18. The standard InChI is InChI=1S/C12H19NO4/c1-16-11-3-9(4-12(5-11)17-2)6-13-7-10(15)8-14/h3-5,10,13-15H,6-8H2,1-2H3. The zero-order valence-corrected chi connectivity index (χ0v) is 10.1. The second-order valence-electron chi connectivity index (χ2n) is 3.69. The fourth-order valence-corrected chi connectivity index (χ4v) is 1.42. The van der Waals surface area contributed by atoms with Gasteiger partial charge in [-0.15, -0.1) is 0 Å². The topological polar surface area (TPSA) is 71.0 Å². The molecule has 1 rings (SSSR count). The average molecular weight is 241 g/mol. The highest BCUT2D eigenvalue weighted by Gasteiger charge is 2.04. The van der Waals surface area contributed by atoms with Gasteiger partial charge in [-0.3, -0.25) is 0 Å². The van der Waals surface area contributed by atoms with Gasteiger partial charge in [0.15, 0.2) is 0 Å². The average Bonchev–Trinajstić information content (AvgIpc) is 2.37. The monoisotopic (exact) mass is 241 g/mol. The van der Waals surface area contributed by atoms with Gasteiger partial charge in [-0.1, -0.05) is 0 Å². The number of rotatable bonds is 7. The van der Waals surface area contributed by atoms with Crippen LogP contribution < -0.4 is 14.8 Å². The molecule has 0 saturated carbocycles. The van der Waals surface area contributed by atoms with Crippen molar-refractivity contribution in [3.05, 3.63) is 23.8 Å². The van der Waals surface area contributed by atoms with Gasteiger partial charge in [0.2, 0.25) is 0 Å². The van der Waals surface area contributed by atoms with Crippen molar-refractivity contribution in [1.29, 1.82) is 0 Å². The molecule has 0 aliphatic heterocycles. The Morgan fingerprint density at radius 1 is 1.18 bits per heavy atom. The lowest BCUT2D eigenvalue weighted by atomic mass is 10.2. The lowest BCUT2D eigenvalue weighted by Crippen LogP contribution is -2.28. The first-order chi connectivity index (χ1) is 8.19. The predicted molar refractivity (Wildman–Crippen MR) is 64.3 cm³/mol. The molecule has 0 aromatic heterocycles. The van der Waals surface area contributed by atoms with Crippen LogP contribution in [0.2, 0.25) is 0 Å². The number of benzene rings is 1. The second kappa shape index (κ2) is 7.11. The fourth-order valence-electron chi connectivity index (χ4n) is 1.42. The first kappa shape index (κ1) is 13.8. The molecule has 0 heterocycles. The fraction of sp³-hybridized carbons (Fsp3) is 0.500. The van der Waals surface area contributed by atoms with Crippen molar-refractivity contribution in [2.24, 2.45) is 0 Å². The summed E-state index contributed by atoms with van der Waals surface area (Å²) in [6.07, 6.45) is -0.734. The van der Waals surface area contributed by atoms with E-state index in [0.29, 0.717) is 13.1 Å². The van der Waals surface area contributed by atoms with Crippen LogP contribution in [0.1, 0.15) is 5.56 Å². The SMILES string of the molecule is COc1cc(CNCC(O)CO)cc(OC)c1. The Morgan fingerprint density at radius 3 is 2.24 bits per heavy atom. The smallest absolute Gasteiger partial charge is 0.122 e. The van der Waals surface area contributed by atoms with Gasteiger partial charge in [-0.05, 0) is 17.7 Å². The Kier molecular flexibility index (Phi) is 5.76. The Morgan fingerprint density at radius 2 is 1.76 bits per heavy atom. The van der Waals surface area contributed by atoms with E-state index in [-0.39, 0.29) is 6.61 Å². The summed E-state index contributed by atoms with van der Waals surface area (Å²) in [5.41, 5.74) is 0.992. The largest absolute Gasteiger partial charge is 0.497 e. The van der Waals surface area contributed by atoms with Gasteiger partial charge in [0.1, 0.15) is 11.5 Å². The molecule has 1 aromatic rings. The highest BCUT2D eigenvalue weighted by Crippen LogP contribution is 2.22. The van der Waals surface area contributed by atoms with Crippen molar-refractivity contribution >= 4 is 0 Å². The molecule has 96 valence electrons. The molecule has 1 unspecified atom stereocenters. The van der Waals surface area contributed by atoms with E-state index in [1.54, 1.807) is 20.3 Å². The third-order valence-electron chi connectivity index (χ3n) is 2.33. The highest BCUT2D eigenvalue weighted by atomic mass is 16.5. The van der Waals surface area contributed by atoms with Crippen molar-refractivity contribution in [3.63, 3.8) is 0 Å². The van der Waals surface area contributed by atoms with E-state index in [2.05, 4.69) is 5.32 Å². The first-order valence-electron chi connectivity index (χ1n) is 5.41. The molecule has 0 aliphatic carbocycles. The minimum absolute atomic E-state index is 0.242. The van der Waals surface area contributed by atoms with E-state index >= 15 is 0 Å². The molecule has 0 amide bonds.